The van der Waals surface area contributed by atoms with Crippen LogP contribution in [-0.2, 0) is 22.5 Å². The predicted octanol–water partition coefficient (Wildman–Crippen LogP) is 5.30. The molecule has 0 aliphatic carbocycles. The number of aromatic nitrogens is 1. The lowest BCUT2D eigenvalue weighted by Crippen LogP contribution is -2.26. The lowest BCUT2D eigenvalue weighted by atomic mass is 10.1. The largest absolute Gasteiger partial charge is 0.492 e. The standard InChI is InChI=1S/C26H27NO4/c1-2-16-31-25(26(28)29)18-19-11-13-20(14-12-19)30-17-15-27-23-9-5-3-7-21(23)22-8-4-6-10-24(22)27/h3-14,25H,2,15-18H2,1H3,(H,28,29). The van der Waals surface area contributed by atoms with Crippen molar-refractivity contribution in [3.05, 3.63) is 78.4 Å². The Labute approximate surface area is 181 Å². The molecule has 1 atom stereocenters. The van der Waals surface area contributed by atoms with Crippen LogP contribution >= 0.6 is 0 Å². The highest BCUT2D eigenvalue weighted by Crippen LogP contribution is 2.28. The second kappa shape index (κ2) is 9.67. The number of rotatable bonds is 10. The van der Waals surface area contributed by atoms with Crippen molar-refractivity contribution in [1.82, 2.24) is 4.57 Å². The summed E-state index contributed by atoms with van der Waals surface area (Å²) in [6.45, 7) is 3.69. The Kier molecular flexibility index (Phi) is 6.53. The van der Waals surface area contributed by atoms with E-state index in [1.807, 2.05) is 31.2 Å². The molecule has 0 bridgehead atoms. The molecule has 4 rings (SSSR count). The monoisotopic (exact) mass is 417 g/mol. The van der Waals surface area contributed by atoms with E-state index in [1.165, 1.54) is 21.8 Å². The molecule has 0 fully saturated rings. The molecule has 0 aliphatic rings. The second-order valence-electron chi connectivity index (χ2n) is 7.58. The predicted molar refractivity (Wildman–Crippen MR) is 123 cm³/mol. The van der Waals surface area contributed by atoms with Crippen LogP contribution in [0.1, 0.15) is 18.9 Å². The number of nitrogens with zero attached hydrogens (tertiary/aromatic N) is 1. The van der Waals surface area contributed by atoms with Crippen molar-refractivity contribution in [2.24, 2.45) is 0 Å². The Morgan fingerprint density at radius 2 is 1.52 bits per heavy atom. The van der Waals surface area contributed by atoms with E-state index in [2.05, 4.69) is 53.1 Å². The van der Waals surface area contributed by atoms with Gasteiger partial charge in [0.25, 0.3) is 0 Å². The van der Waals surface area contributed by atoms with Gasteiger partial charge in [0.1, 0.15) is 12.4 Å². The van der Waals surface area contributed by atoms with Crippen molar-refractivity contribution in [3.63, 3.8) is 0 Å². The topological polar surface area (TPSA) is 60.7 Å². The van der Waals surface area contributed by atoms with Crippen LogP contribution in [0.4, 0.5) is 0 Å². The van der Waals surface area contributed by atoms with Gasteiger partial charge in [0.2, 0.25) is 0 Å². The van der Waals surface area contributed by atoms with Crippen LogP contribution in [0, 0.1) is 0 Å². The van der Waals surface area contributed by atoms with E-state index in [1.54, 1.807) is 0 Å². The van der Waals surface area contributed by atoms with Gasteiger partial charge < -0.3 is 19.1 Å². The lowest BCUT2D eigenvalue weighted by Gasteiger charge is -2.14. The Balaban J connectivity index is 1.41. The minimum Gasteiger partial charge on any atom is -0.492 e. The molecule has 4 aromatic rings. The van der Waals surface area contributed by atoms with Crippen molar-refractivity contribution in [2.75, 3.05) is 13.2 Å². The Morgan fingerprint density at radius 1 is 0.903 bits per heavy atom. The van der Waals surface area contributed by atoms with E-state index in [9.17, 15) is 9.90 Å². The first-order valence-electron chi connectivity index (χ1n) is 10.7. The number of benzene rings is 3. The SMILES string of the molecule is CCCOC(Cc1ccc(OCCn2c3ccccc3c3ccccc32)cc1)C(=O)O. The smallest absolute Gasteiger partial charge is 0.333 e. The van der Waals surface area contributed by atoms with Gasteiger partial charge in [0, 0.05) is 34.8 Å². The summed E-state index contributed by atoms with van der Waals surface area (Å²) in [5.74, 6) is -0.161. The molecule has 160 valence electrons. The zero-order valence-electron chi connectivity index (χ0n) is 17.7. The van der Waals surface area contributed by atoms with Crippen molar-refractivity contribution in [3.8, 4) is 5.75 Å². The molecule has 5 heteroatoms. The van der Waals surface area contributed by atoms with Gasteiger partial charge in [-0.3, -0.25) is 0 Å². The van der Waals surface area contributed by atoms with Crippen LogP contribution in [-0.4, -0.2) is 35.0 Å². The molecule has 1 heterocycles. The first-order chi connectivity index (χ1) is 15.2. The maximum Gasteiger partial charge on any atom is 0.333 e. The summed E-state index contributed by atoms with van der Waals surface area (Å²) >= 11 is 0. The summed E-state index contributed by atoms with van der Waals surface area (Å²) in [5.41, 5.74) is 3.32. The molecule has 0 aliphatic heterocycles. The van der Waals surface area contributed by atoms with E-state index in [4.69, 9.17) is 9.47 Å². The fourth-order valence-corrected chi connectivity index (χ4v) is 3.91. The Hall–Kier alpha value is -3.31. The number of hydrogen-bond acceptors (Lipinski definition) is 3. The maximum atomic E-state index is 11.4. The van der Waals surface area contributed by atoms with Crippen LogP contribution in [0.25, 0.3) is 21.8 Å². The van der Waals surface area contributed by atoms with E-state index in [0.717, 1.165) is 24.3 Å². The molecule has 1 N–H and O–H groups in total. The third-order valence-electron chi connectivity index (χ3n) is 5.41. The number of carboxylic acids is 1. The third-order valence-corrected chi connectivity index (χ3v) is 5.41. The quantitative estimate of drug-likeness (QED) is 0.381. The summed E-state index contributed by atoms with van der Waals surface area (Å²) in [5, 5.41) is 11.8. The van der Waals surface area contributed by atoms with Crippen LogP contribution < -0.4 is 4.74 Å². The highest BCUT2D eigenvalue weighted by molar-refractivity contribution is 6.07. The Morgan fingerprint density at radius 3 is 2.10 bits per heavy atom. The molecule has 3 aromatic carbocycles. The summed E-state index contributed by atoms with van der Waals surface area (Å²) in [6.07, 6.45) is 0.321. The van der Waals surface area contributed by atoms with Crippen LogP contribution in [0.15, 0.2) is 72.8 Å². The first kappa shape index (κ1) is 20.9. The minimum atomic E-state index is -0.931. The first-order valence-corrected chi connectivity index (χ1v) is 10.7. The number of carboxylic acid groups (broad SMARTS) is 1. The summed E-state index contributed by atoms with van der Waals surface area (Å²) < 4.78 is 13.7. The highest BCUT2D eigenvalue weighted by Gasteiger charge is 2.18. The Bertz CT molecular complexity index is 1110. The fraction of sp³-hybridized carbons (Fsp3) is 0.269. The molecule has 0 radical (unpaired) electrons. The van der Waals surface area contributed by atoms with E-state index >= 15 is 0 Å². The average Bonchev–Trinajstić information content (AvgIpc) is 3.11. The van der Waals surface area contributed by atoms with Gasteiger partial charge >= 0.3 is 5.97 Å². The fourth-order valence-electron chi connectivity index (χ4n) is 3.91. The second-order valence-corrected chi connectivity index (χ2v) is 7.58. The minimum absolute atomic E-state index is 0.344. The lowest BCUT2D eigenvalue weighted by molar-refractivity contribution is -0.150. The van der Waals surface area contributed by atoms with Crippen molar-refractivity contribution < 1.29 is 19.4 Å². The molecular weight excluding hydrogens is 390 g/mol. The molecule has 5 nitrogen and oxygen atoms in total. The number of para-hydroxylation sites is 2. The molecule has 0 spiro atoms. The normalized spacial score (nSPS) is 12.3. The summed E-state index contributed by atoms with van der Waals surface area (Å²) in [7, 11) is 0. The van der Waals surface area contributed by atoms with Crippen molar-refractivity contribution in [1.29, 1.82) is 0 Å². The van der Waals surface area contributed by atoms with Gasteiger partial charge in [-0.1, -0.05) is 55.5 Å². The number of fused-ring (bicyclic) bond motifs is 3. The van der Waals surface area contributed by atoms with Crippen molar-refractivity contribution in [2.45, 2.75) is 32.4 Å². The number of carbonyl (C=O) groups is 1. The third kappa shape index (κ3) is 4.72. The number of ether oxygens (including phenoxy) is 2. The zero-order chi connectivity index (χ0) is 21.6. The molecule has 31 heavy (non-hydrogen) atoms. The molecule has 1 aromatic heterocycles. The molecule has 0 amide bonds. The van der Waals surface area contributed by atoms with Crippen LogP contribution in [0.2, 0.25) is 0 Å². The molecule has 1 unspecified atom stereocenters. The zero-order valence-corrected chi connectivity index (χ0v) is 17.7. The van der Waals surface area contributed by atoms with E-state index in [0.29, 0.717) is 19.6 Å². The van der Waals surface area contributed by atoms with Gasteiger partial charge in [-0.25, -0.2) is 4.79 Å². The van der Waals surface area contributed by atoms with Gasteiger partial charge in [-0.2, -0.15) is 0 Å². The number of hydrogen-bond donors (Lipinski definition) is 1. The molecule has 0 saturated carbocycles. The molecule has 0 saturated heterocycles. The maximum absolute atomic E-state index is 11.4. The van der Waals surface area contributed by atoms with Gasteiger partial charge in [0.05, 0.1) is 6.54 Å². The van der Waals surface area contributed by atoms with Gasteiger partial charge in [-0.05, 0) is 36.2 Å². The highest BCUT2D eigenvalue weighted by atomic mass is 16.5. The van der Waals surface area contributed by atoms with E-state index in [-0.39, 0.29) is 0 Å². The van der Waals surface area contributed by atoms with Crippen molar-refractivity contribution >= 4 is 27.8 Å². The summed E-state index contributed by atoms with van der Waals surface area (Å²) in [6, 6.07) is 24.4. The van der Waals surface area contributed by atoms with Gasteiger partial charge in [0.15, 0.2) is 6.10 Å². The average molecular weight is 418 g/mol. The summed E-state index contributed by atoms with van der Waals surface area (Å²) in [4.78, 5) is 11.4. The van der Waals surface area contributed by atoms with Gasteiger partial charge in [-0.15, -0.1) is 0 Å². The van der Waals surface area contributed by atoms with Crippen LogP contribution in [0.3, 0.4) is 0 Å². The molecular formula is C26H27NO4. The van der Waals surface area contributed by atoms with E-state index < -0.39 is 12.1 Å². The number of aliphatic carboxylic acids is 1. The van der Waals surface area contributed by atoms with Crippen LogP contribution in [0.5, 0.6) is 5.75 Å².